The minimum Gasteiger partial charge on any atom is -0.497 e. The Labute approximate surface area is 107 Å². The van der Waals surface area contributed by atoms with Gasteiger partial charge in [-0.1, -0.05) is 17.7 Å². The van der Waals surface area contributed by atoms with E-state index in [2.05, 4.69) is 4.99 Å². The first kappa shape index (κ1) is 12.2. The van der Waals surface area contributed by atoms with E-state index in [1.807, 2.05) is 49.4 Å². The Balaban J connectivity index is 2.25. The van der Waals surface area contributed by atoms with E-state index in [9.17, 15) is 0 Å². The van der Waals surface area contributed by atoms with Crippen LogP contribution in [-0.2, 0) is 0 Å². The van der Waals surface area contributed by atoms with Crippen LogP contribution in [0.1, 0.15) is 11.1 Å². The third-order valence-electron chi connectivity index (χ3n) is 2.68. The van der Waals surface area contributed by atoms with Gasteiger partial charge in [0.1, 0.15) is 5.75 Å². The van der Waals surface area contributed by atoms with Crippen molar-refractivity contribution in [3.8, 4) is 5.75 Å². The number of nitrogens with two attached hydrogens (primary N) is 1. The minimum atomic E-state index is 0.687. The Kier molecular flexibility index (Phi) is 3.63. The van der Waals surface area contributed by atoms with Gasteiger partial charge in [0.05, 0.1) is 12.8 Å². The van der Waals surface area contributed by atoms with Crippen molar-refractivity contribution in [2.45, 2.75) is 6.92 Å². The maximum atomic E-state index is 5.89. The first-order chi connectivity index (χ1) is 8.69. The van der Waals surface area contributed by atoms with Gasteiger partial charge in [0.25, 0.3) is 0 Å². The largest absolute Gasteiger partial charge is 0.497 e. The molecule has 2 N–H and O–H groups in total. The molecule has 0 bridgehead atoms. The van der Waals surface area contributed by atoms with Crippen LogP contribution in [0.4, 0.5) is 11.4 Å². The molecule has 92 valence electrons. The van der Waals surface area contributed by atoms with E-state index in [-0.39, 0.29) is 0 Å². The van der Waals surface area contributed by atoms with Gasteiger partial charge in [0, 0.05) is 17.5 Å². The number of aliphatic imine (C=N–C) groups is 1. The highest BCUT2D eigenvalue weighted by molar-refractivity contribution is 5.89. The average Bonchev–Trinajstić information content (AvgIpc) is 2.40. The zero-order chi connectivity index (χ0) is 13.0. The molecule has 0 amide bonds. The predicted molar refractivity (Wildman–Crippen MR) is 75.8 cm³/mol. The van der Waals surface area contributed by atoms with Gasteiger partial charge < -0.3 is 10.5 Å². The summed E-state index contributed by atoms with van der Waals surface area (Å²) in [4.78, 5) is 4.39. The zero-order valence-corrected chi connectivity index (χ0v) is 10.6. The molecule has 0 aromatic heterocycles. The lowest BCUT2D eigenvalue weighted by molar-refractivity contribution is 0.415. The number of hydrogen-bond acceptors (Lipinski definition) is 3. The molecule has 0 saturated heterocycles. The molecular formula is C15H16N2O. The molecular weight excluding hydrogens is 224 g/mol. The molecule has 0 aliphatic carbocycles. The highest BCUT2D eigenvalue weighted by Gasteiger charge is 1.98. The topological polar surface area (TPSA) is 47.6 Å². The lowest BCUT2D eigenvalue weighted by Gasteiger charge is -2.03. The number of hydrogen-bond donors (Lipinski definition) is 1. The van der Waals surface area contributed by atoms with E-state index in [0.29, 0.717) is 5.69 Å². The maximum Gasteiger partial charge on any atom is 0.119 e. The van der Waals surface area contributed by atoms with Gasteiger partial charge in [-0.2, -0.15) is 0 Å². The quantitative estimate of drug-likeness (QED) is 0.660. The molecule has 0 atom stereocenters. The van der Waals surface area contributed by atoms with Crippen molar-refractivity contribution >= 4 is 17.6 Å². The summed E-state index contributed by atoms with van der Waals surface area (Å²) in [7, 11) is 1.63. The molecule has 0 aliphatic heterocycles. The van der Waals surface area contributed by atoms with Crippen LogP contribution in [0.15, 0.2) is 47.5 Å². The standard InChI is InChI=1S/C15H16N2O/c1-11-3-5-13(6-4-11)17-10-12-9-14(18-2)7-8-15(12)16/h3-10H,16H2,1-2H3. The fourth-order valence-corrected chi connectivity index (χ4v) is 1.57. The van der Waals surface area contributed by atoms with Crippen LogP contribution in [0.2, 0.25) is 0 Å². The summed E-state index contributed by atoms with van der Waals surface area (Å²) in [5.74, 6) is 0.773. The SMILES string of the molecule is COc1ccc(N)c(C=Nc2ccc(C)cc2)c1. The van der Waals surface area contributed by atoms with Crippen molar-refractivity contribution in [2.75, 3.05) is 12.8 Å². The van der Waals surface area contributed by atoms with Crippen LogP contribution < -0.4 is 10.5 Å². The van der Waals surface area contributed by atoms with E-state index in [4.69, 9.17) is 10.5 Å². The normalized spacial score (nSPS) is 10.8. The summed E-state index contributed by atoms with van der Waals surface area (Å²) in [6, 6.07) is 13.5. The first-order valence-electron chi connectivity index (χ1n) is 5.73. The second-order valence-electron chi connectivity index (χ2n) is 4.09. The fraction of sp³-hybridized carbons (Fsp3) is 0.133. The van der Waals surface area contributed by atoms with Gasteiger partial charge in [-0.3, -0.25) is 4.99 Å². The van der Waals surface area contributed by atoms with Crippen molar-refractivity contribution in [3.63, 3.8) is 0 Å². The van der Waals surface area contributed by atoms with Crippen LogP contribution in [0.3, 0.4) is 0 Å². The van der Waals surface area contributed by atoms with Crippen molar-refractivity contribution in [2.24, 2.45) is 4.99 Å². The van der Waals surface area contributed by atoms with Gasteiger partial charge in [-0.15, -0.1) is 0 Å². The summed E-state index contributed by atoms with van der Waals surface area (Å²) in [6.07, 6.45) is 1.75. The summed E-state index contributed by atoms with van der Waals surface area (Å²) in [5.41, 5.74) is 9.55. The molecule has 0 radical (unpaired) electrons. The van der Waals surface area contributed by atoms with E-state index in [0.717, 1.165) is 17.0 Å². The summed E-state index contributed by atoms with van der Waals surface area (Å²) < 4.78 is 5.16. The number of nitrogens with zero attached hydrogens (tertiary/aromatic N) is 1. The lowest BCUT2D eigenvalue weighted by atomic mass is 10.2. The zero-order valence-electron chi connectivity index (χ0n) is 10.6. The van der Waals surface area contributed by atoms with E-state index < -0.39 is 0 Å². The summed E-state index contributed by atoms with van der Waals surface area (Å²) in [6.45, 7) is 2.05. The van der Waals surface area contributed by atoms with Crippen LogP contribution in [0.5, 0.6) is 5.75 Å². The summed E-state index contributed by atoms with van der Waals surface area (Å²) in [5, 5.41) is 0. The Bertz CT molecular complexity index is 559. The average molecular weight is 240 g/mol. The van der Waals surface area contributed by atoms with Gasteiger partial charge in [0.15, 0.2) is 0 Å². The Morgan fingerprint density at radius 1 is 1.11 bits per heavy atom. The van der Waals surface area contributed by atoms with Crippen LogP contribution in [-0.4, -0.2) is 13.3 Å². The number of rotatable bonds is 3. The molecule has 0 spiro atoms. The van der Waals surface area contributed by atoms with Crippen LogP contribution >= 0.6 is 0 Å². The highest BCUT2D eigenvalue weighted by Crippen LogP contribution is 2.19. The molecule has 2 aromatic rings. The van der Waals surface area contributed by atoms with E-state index >= 15 is 0 Å². The molecule has 0 fully saturated rings. The van der Waals surface area contributed by atoms with Crippen molar-refractivity contribution in [1.29, 1.82) is 0 Å². The smallest absolute Gasteiger partial charge is 0.119 e. The van der Waals surface area contributed by atoms with Crippen molar-refractivity contribution in [1.82, 2.24) is 0 Å². The number of benzene rings is 2. The van der Waals surface area contributed by atoms with E-state index in [1.54, 1.807) is 13.3 Å². The van der Waals surface area contributed by atoms with E-state index in [1.165, 1.54) is 5.56 Å². The molecule has 3 heteroatoms. The number of nitrogen functional groups attached to an aromatic ring is 1. The van der Waals surface area contributed by atoms with Crippen molar-refractivity contribution in [3.05, 3.63) is 53.6 Å². The van der Waals surface area contributed by atoms with Crippen LogP contribution in [0, 0.1) is 6.92 Å². The third-order valence-corrected chi connectivity index (χ3v) is 2.68. The molecule has 0 heterocycles. The van der Waals surface area contributed by atoms with Crippen LogP contribution in [0.25, 0.3) is 0 Å². The summed E-state index contributed by atoms with van der Waals surface area (Å²) >= 11 is 0. The molecule has 18 heavy (non-hydrogen) atoms. The number of aryl methyl sites for hydroxylation is 1. The number of methoxy groups -OCH3 is 1. The highest BCUT2D eigenvalue weighted by atomic mass is 16.5. The number of ether oxygens (including phenoxy) is 1. The van der Waals surface area contributed by atoms with Crippen molar-refractivity contribution < 1.29 is 4.74 Å². The molecule has 0 unspecified atom stereocenters. The van der Waals surface area contributed by atoms with Gasteiger partial charge in [-0.05, 0) is 37.3 Å². The Hall–Kier alpha value is -2.29. The fourth-order valence-electron chi connectivity index (χ4n) is 1.57. The molecule has 0 aliphatic rings. The monoisotopic (exact) mass is 240 g/mol. The molecule has 2 aromatic carbocycles. The minimum absolute atomic E-state index is 0.687. The van der Waals surface area contributed by atoms with Gasteiger partial charge >= 0.3 is 0 Å². The second kappa shape index (κ2) is 5.36. The first-order valence-corrected chi connectivity index (χ1v) is 5.73. The Morgan fingerprint density at radius 3 is 2.50 bits per heavy atom. The Morgan fingerprint density at radius 2 is 1.83 bits per heavy atom. The molecule has 0 saturated carbocycles. The predicted octanol–water partition coefficient (Wildman–Crippen LogP) is 3.34. The lowest BCUT2D eigenvalue weighted by Crippen LogP contribution is -1.94. The van der Waals surface area contributed by atoms with Gasteiger partial charge in [-0.25, -0.2) is 0 Å². The third kappa shape index (κ3) is 2.88. The van der Waals surface area contributed by atoms with Gasteiger partial charge in [0.2, 0.25) is 0 Å². The second-order valence-corrected chi connectivity index (χ2v) is 4.09. The maximum absolute atomic E-state index is 5.89. The number of anilines is 1. The molecule has 2 rings (SSSR count). The molecule has 3 nitrogen and oxygen atoms in total.